The van der Waals surface area contributed by atoms with Gasteiger partial charge in [-0.3, -0.25) is 0 Å². The molecular formula is C9H21NO2. The first-order chi connectivity index (χ1) is 5.85. The Kier molecular flexibility index (Phi) is 8.88. The quantitative estimate of drug-likeness (QED) is 0.563. The van der Waals surface area contributed by atoms with Gasteiger partial charge in [0.05, 0.1) is 12.7 Å². The molecule has 0 heterocycles. The van der Waals surface area contributed by atoms with Gasteiger partial charge in [0.2, 0.25) is 0 Å². The molecule has 0 saturated heterocycles. The van der Waals surface area contributed by atoms with E-state index in [9.17, 15) is 0 Å². The van der Waals surface area contributed by atoms with Crippen molar-refractivity contribution < 1.29 is 9.47 Å². The molecule has 3 nitrogen and oxygen atoms in total. The minimum absolute atomic E-state index is 0.0758. The summed E-state index contributed by atoms with van der Waals surface area (Å²) in [6, 6.07) is 0. The monoisotopic (exact) mass is 175 g/mol. The normalized spacial score (nSPS) is 13.2. The Labute approximate surface area is 75.2 Å². The summed E-state index contributed by atoms with van der Waals surface area (Å²) in [6.45, 7) is 6.81. The number of hydrogen-bond donors (Lipinski definition) is 1. The molecule has 0 rings (SSSR count). The number of nitrogens with two attached hydrogens (primary N) is 1. The third-order valence-electron chi connectivity index (χ3n) is 1.61. The van der Waals surface area contributed by atoms with Gasteiger partial charge in [0.1, 0.15) is 0 Å². The van der Waals surface area contributed by atoms with Gasteiger partial charge in [-0.05, 0) is 13.3 Å². The Balaban J connectivity index is 3.19. The van der Waals surface area contributed by atoms with Crippen LogP contribution in [0.25, 0.3) is 0 Å². The maximum absolute atomic E-state index is 5.47. The maximum Gasteiger partial charge on any atom is 0.0930 e. The molecule has 0 bridgehead atoms. The van der Waals surface area contributed by atoms with Crippen LogP contribution in [0.1, 0.15) is 26.7 Å². The molecule has 0 aromatic carbocycles. The second kappa shape index (κ2) is 8.97. The average Bonchev–Trinajstić information content (AvgIpc) is 2.10. The van der Waals surface area contributed by atoms with Crippen LogP contribution in [0.4, 0.5) is 0 Å². The van der Waals surface area contributed by atoms with Crippen LogP contribution < -0.4 is 5.73 Å². The summed E-state index contributed by atoms with van der Waals surface area (Å²) in [6.07, 6.45) is 2.36. The zero-order valence-corrected chi connectivity index (χ0v) is 8.21. The van der Waals surface area contributed by atoms with Gasteiger partial charge in [0.15, 0.2) is 0 Å². The van der Waals surface area contributed by atoms with Crippen LogP contribution in [-0.2, 0) is 9.47 Å². The van der Waals surface area contributed by atoms with Crippen LogP contribution in [0.5, 0.6) is 0 Å². The van der Waals surface area contributed by atoms with E-state index in [0.717, 1.165) is 13.0 Å². The highest BCUT2D eigenvalue weighted by molar-refractivity contribution is 4.55. The summed E-state index contributed by atoms with van der Waals surface area (Å²) in [7, 11) is 0. The minimum Gasteiger partial charge on any atom is -0.379 e. The van der Waals surface area contributed by atoms with Crippen molar-refractivity contribution in [3.8, 4) is 0 Å². The highest BCUT2D eigenvalue weighted by atomic mass is 16.5. The minimum atomic E-state index is 0.0758. The second-order valence-electron chi connectivity index (χ2n) is 2.74. The van der Waals surface area contributed by atoms with Gasteiger partial charge in [-0.15, -0.1) is 0 Å². The van der Waals surface area contributed by atoms with Crippen molar-refractivity contribution in [2.75, 3.05) is 26.4 Å². The predicted molar refractivity (Wildman–Crippen MR) is 50.2 cm³/mol. The molecule has 0 aromatic rings. The third-order valence-corrected chi connectivity index (χ3v) is 1.61. The van der Waals surface area contributed by atoms with Crippen molar-refractivity contribution in [2.45, 2.75) is 32.8 Å². The number of unbranched alkanes of at least 4 members (excludes halogenated alkanes) is 1. The molecule has 0 aliphatic carbocycles. The molecule has 3 heteroatoms. The highest BCUT2D eigenvalue weighted by Crippen LogP contribution is 1.93. The lowest BCUT2D eigenvalue weighted by Gasteiger charge is -2.14. The van der Waals surface area contributed by atoms with E-state index < -0.39 is 0 Å². The maximum atomic E-state index is 5.47. The fourth-order valence-electron chi connectivity index (χ4n) is 0.881. The molecule has 0 aliphatic rings. The second-order valence-corrected chi connectivity index (χ2v) is 2.74. The first-order valence-corrected chi connectivity index (χ1v) is 4.74. The van der Waals surface area contributed by atoms with Gasteiger partial charge < -0.3 is 15.2 Å². The SMILES string of the molecule is CCCCOCC(CN)OCC. The van der Waals surface area contributed by atoms with E-state index in [1.807, 2.05) is 6.92 Å². The van der Waals surface area contributed by atoms with Crippen molar-refractivity contribution in [3.05, 3.63) is 0 Å². The van der Waals surface area contributed by atoms with Crippen LogP contribution in [0.15, 0.2) is 0 Å². The Morgan fingerprint density at radius 2 is 2.08 bits per heavy atom. The van der Waals surface area contributed by atoms with Crippen LogP contribution in [0.3, 0.4) is 0 Å². The summed E-state index contributed by atoms with van der Waals surface area (Å²) in [5, 5.41) is 0. The molecule has 0 fully saturated rings. The molecule has 1 atom stereocenters. The standard InChI is InChI=1S/C9H21NO2/c1-3-5-6-11-8-9(7-10)12-4-2/h9H,3-8,10H2,1-2H3. The smallest absolute Gasteiger partial charge is 0.0930 e. The molecular weight excluding hydrogens is 154 g/mol. The first-order valence-electron chi connectivity index (χ1n) is 4.74. The molecule has 0 aliphatic heterocycles. The Bertz CT molecular complexity index is 88.6. The summed E-state index contributed by atoms with van der Waals surface area (Å²) in [5.41, 5.74) is 5.47. The molecule has 0 spiro atoms. The lowest BCUT2D eigenvalue weighted by Crippen LogP contribution is -2.28. The van der Waals surface area contributed by atoms with E-state index in [1.165, 1.54) is 6.42 Å². The highest BCUT2D eigenvalue weighted by Gasteiger charge is 2.04. The van der Waals surface area contributed by atoms with E-state index in [1.54, 1.807) is 0 Å². The van der Waals surface area contributed by atoms with Gasteiger partial charge in [0, 0.05) is 19.8 Å². The van der Waals surface area contributed by atoms with E-state index in [-0.39, 0.29) is 6.10 Å². The van der Waals surface area contributed by atoms with Gasteiger partial charge in [-0.25, -0.2) is 0 Å². The van der Waals surface area contributed by atoms with E-state index in [2.05, 4.69) is 6.92 Å². The van der Waals surface area contributed by atoms with Crippen LogP contribution >= 0.6 is 0 Å². The van der Waals surface area contributed by atoms with Crippen molar-refractivity contribution in [3.63, 3.8) is 0 Å². The Morgan fingerprint density at radius 3 is 2.58 bits per heavy atom. The number of ether oxygens (including phenoxy) is 2. The first kappa shape index (κ1) is 11.9. The van der Waals surface area contributed by atoms with Crippen LogP contribution in [0.2, 0.25) is 0 Å². The summed E-state index contributed by atoms with van der Waals surface area (Å²) < 4.78 is 10.7. The molecule has 0 amide bonds. The van der Waals surface area contributed by atoms with Crippen molar-refractivity contribution in [1.29, 1.82) is 0 Å². The zero-order valence-electron chi connectivity index (χ0n) is 8.21. The molecule has 0 aromatic heterocycles. The molecule has 12 heavy (non-hydrogen) atoms. The third kappa shape index (κ3) is 6.58. The molecule has 0 saturated carbocycles. The zero-order chi connectivity index (χ0) is 9.23. The number of hydrogen-bond acceptors (Lipinski definition) is 3. The predicted octanol–water partition coefficient (Wildman–Crippen LogP) is 1.17. The topological polar surface area (TPSA) is 44.5 Å². The van der Waals surface area contributed by atoms with Gasteiger partial charge in [0.25, 0.3) is 0 Å². The van der Waals surface area contributed by atoms with Crippen molar-refractivity contribution in [1.82, 2.24) is 0 Å². The number of rotatable bonds is 8. The average molecular weight is 175 g/mol. The van der Waals surface area contributed by atoms with Crippen molar-refractivity contribution >= 4 is 0 Å². The lowest BCUT2D eigenvalue weighted by atomic mass is 10.3. The molecule has 2 N–H and O–H groups in total. The fourth-order valence-corrected chi connectivity index (χ4v) is 0.881. The molecule has 1 unspecified atom stereocenters. The van der Waals surface area contributed by atoms with Crippen molar-refractivity contribution in [2.24, 2.45) is 5.73 Å². The summed E-state index contributed by atoms with van der Waals surface area (Å²) in [5.74, 6) is 0. The Morgan fingerprint density at radius 1 is 1.33 bits per heavy atom. The Hall–Kier alpha value is -0.120. The molecule has 74 valence electrons. The summed E-state index contributed by atoms with van der Waals surface area (Å²) in [4.78, 5) is 0. The van der Waals surface area contributed by atoms with E-state index in [4.69, 9.17) is 15.2 Å². The van der Waals surface area contributed by atoms with E-state index >= 15 is 0 Å². The fraction of sp³-hybridized carbons (Fsp3) is 1.00. The largest absolute Gasteiger partial charge is 0.379 e. The van der Waals surface area contributed by atoms with Gasteiger partial charge in [-0.2, -0.15) is 0 Å². The lowest BCUT2D eigenvalue weighted by molar-refractivity contribution is -0.00706. The van der Waals surface area contributed by atoms with E-state index in [0.29, 0.717) is 19.8 Å². The summed E-state index contributed by atoms with van der Waals surface area (Å²) >= 11 is 0. The van der Waals surface area contributed by atoms with Crippen LogP contribution in [-0.4, -0.2) is 32.5 Å². The van der Waals surface area contributed by atoms with Gasteiger partial charge >= 0.3 is 0 Å². The van der Waals surface area contributed by atoms with Crippen LogP contribution in [0, 0.1) is 0 Å². The molecule has 0 radical (unpaired) electrons. The van der Waals surface area contributed by atoms with Gasteiger partial charge in [-0.1, -0.05) is 13.3 Å².